The van der Waals surface area contributed by atoms with Crippen LogP contribution in [0.3, 0.4) is 0 Å². The highest BCUT2D eigenvalue weighted by molar-refractivity contribution is 9.10. The predicted octanol–water partition coefficient (Wildman–Crippen LogP) is 3.92. The first-order valence-electron chi connectivity index (χ1n) is 5.15. The maximum atomic E-state index is 12.0. The number of allylic oxidation sites excluding steroid dienone is 1. The van der Waals surface area contributed by atoms with Gasteiger partial charge in [-0.2, -0.15) is 0 Å². The molecule has 4 heteroatoms. The molecular weight excluding hydrogens is 298 g/mol. The van der Waals surface area contributed by atoms with Crippen molar-refractivity contribution in [2.24, 2.45) is 0 Å². The van der Waals surface area contributed by atoms with E-state index < -0.39 is 0 Å². The van der Waals surface area contributed by atoms with Crippen molar-refractivity contribution in [1.82, 2.24) is 4.90 Å². The number of rotatable bonds is 3. The Morgan fingerprint density at radius 2 is 2.06 bits per heavy atom. The third kappa shape index (κ3) is 2.58. The van der Waals surface area contributed by atoms with Crippen LogP contribution in [0.4, 0.5) is 0 Å². The first kappa shape index (κ1) is 12.3. The van der Waals surface area contributed by atoms with E-state index in [1.807, 2.05) is 43.3 Å². The second-order valence-electron chi connectivity index (χ2n) is 3.88. The summed E-state index contributed by atoms with van der Waals surface area (Å²) < 4.78 is 2.02. The Bertz CT molecular complexity index is 586. The topological polar surface area (TPSA) is 20.3 Å². The Balaban J connectivity index is 2.42. The highest BCUT2D eigenvalue weighted by Crippen LogP contribution is 2.35. The van der Waals surface area contributed by atoms with E-state index in [2.05, 4.69) is 15.9 Å². The summed E-state index contributed by atoms with van der Waals surface area (Å²) in [6.07, 6.45) is 3.36. The van der Waals surface area contributed by atoms with Gasteiger partial charge < -0.3 is 4.90 Å². The average molecular weight is 310 g/mol. The Labute approximate surface area is 113 Å². The van der Waals surface area contributed by atoms with E-state index in [0.29, 0.717) is 0 Å². The van der Waals surface area contributed by atoms with Crippen molar-refractivity contribution in [2.45, 2.75) is 0 Å². The maximum absolute atomic E-state index is 12.0. The van der Waals surface area contributed by atoms with Crippen LogP contribution in [0.5, 0.6) is 0 Å². The molecule has 0 aliphatic rings. The van der Waals surface area contributed by atoms with Gasteiger partial charge in [-0.15, -0.1) is 11.3 Å². The monoisotopic (exact) mass is 309 g/mol. The molecule has 0 N–H and O–H groups in total. The largest absolute Gasteiger partial charge is 0.383 e. The maximum Gasteiger partial charge on any atom is 0.198 e. The van der Waals surface area contributed by atoms with Gasteiger partial charge in [0, 0.05) is 40.9 Å². The summed E-state index contributed by atoms with van der Waals surface area (Å²) in [5.41, 5.74) is 0. The molecule has 2 rings (SSSR count). The molecule has 1 aromatic heterocycles. The zero-order valence-electron chi connectivity index (χ0n) is 9.61. The molecule has 0 atom stereocenters. The second kappa shape index (κ2) is 5.02. The van der Waals surface area contributed by atoms with Crippen molar-refractivity contribution >= 4 is 43.1 Å². The zero-order chi connectivity index (χ0) is 12.4. The molecule has 0 amide bonds. The average Bonchev–Trinajstić information content (AvgIpc) is 2.64. The number of hydrogen-bond acceptors (Lipinski definition) is 3. The van der Waals surface area contributed by atoms with E-state index in [0.717, 1.165) is 19.4 Å². The van der Waals surface area contributed by atoms with Crippen LogP contribution in [0.15, 0.2) is 41.0 Å². The molecule has 88 valence electrons. The number of benzene rings is 1. The van der Waals surface area contributed by atoms with Crippen molar-refractivity contribution in [2.75, 3.05) is 14.1 Å². The lowest BCUT2D eigenvalue weighted by Gasteiger charge is -2.01. The van der Waals surface area contributed by atoms with E-state index in [-0.39, 0.29) is 5.78 Å². The molecule has 2 aromatic rings. The number of carbonyl (C=O) groups is 1. The van der Waals surface area contributed by atoms with E-state index in [1.54, 1.807) is 12.3 Å². The Hall–Kier alpha value is -1.13. The lowest BCUT2D eigenvalue weighted by Crippen LogP contribution is -2.02. The lowest BCUT2D eigenvalue weighted by molar-refractivity contribution is 0.104. The Morgan fingerprint density at radius 3 is 2.71 bits per heavy atom. The minimum atomic E-state index is 0.0341. The third-order valence-corrected chi connectivity index (χ3v) is 4.55. The van der Waals surface area contributed by atoms with Crippen LogP contribution in [-0.2, 0) is 0 Å². The van der Waals surface area contributed by atoms with Crippen molar-refractivity contribution in [1.29, 1.82) is 0 Å². The van der Waals surface area contributed by atoms with Crippen LogP contribution in [0.1, 0.15) is 9.67 Å². The highest BCUT2D eigenvalue weighted by atomic mass is 79.9. The first-order valence-corrected chi connectivity index (χ1v) is 6.76. The van der Waals surface area contributed by atoms with Crippen LogP contribution >= 0.6 is 27.3 Å². The molecule has 17 heavy (non-hydrogen) atoms. The van der Waals surface area contributed by atoms with Gasteiger partial charge in [-0.1, -0.05) is 18.2 Å². The van der Waals surface area contributed by atoms with Gasteiger partial charge in [-0.3, -0.25) is 4.79 Å². The Morgan fingerprint density at radius 1 is 1.35 bits per heavy atom. The van der Waals surface area contributed by atoms with Gasteiger partial charge in [-0.05, 0) is 22.0 Å². The van der Waals surface area contributed by atoms with E-state index in [9.17, 15) is 4.79 Å². The van der Waals surface area contributed by atoms with Gasteiger partial charge >= 0.3 is 0 Å². The molecular formula is C13H12BrNOS. The quantitative estimate of drug-likeness (QED) is 0.632. The summed E-state index contributed by atoms with van der Waals surface area (Å²) in [6, 6.07) is 8.00. The minimum Gasteiger partial charge on any atom is -0.383 e. The molecule has 2 nitrogen and oxygen atoms in total. The number of halogens is 1. The van der Waals surface area contributed by atoms with Crippen molar-refractivity contribution in [3.63, 3.8) is 0 Å². The normalized spacial score (nSPS) is 11.2. The highest BCUT2D eigenvalue weighted by Gasteiger charge is 2.14. The molecule has 0 spiro atoms. The fourth-order valence-electron chi connectivity index (χ4n) is 1.46. The van der Waals surface area contributed by atoms with E-state index in [4.69, 9.17) is 0 Å². The number of carbonyl (C=O) groups excluding carboxylic acids is 1. The van der Waals surface area contributed by atoms with Crippen molar-refractivity contribution in [3.05, 3.63) is 45.9 Å². The van der Waals surface area contributed by atoms with Crippen molar-refractivity contribution in [3.8, 4) is 0 Å². The lowest BCUT2D eigenvalue weighted by atomic mass is 10.2. The first-order chi connectivity index (χ1) is 8.09. The minimum absolute atomic E-state index is 0.0341. The summed E-state index contributed by atoms with van der Waals surface area (Å²) >= 11 is 5.02. The van der Waals surface area contributed by atoms with Crippen LogP contribution < -0.4 is 0 Å². The van der Waals surface area contributed by atoms with Crippen LogP contribution in [-0.4, -0.2) is 24.8 Å². The van der Waals surface area contributed by atoms with Gasteiger partial charge in [0.2, 0.25) is 0 Å². The molecule has 1 heterocycles. The zero-order valence-corrected chi connectivity index (χ0v) is 12.0. The summed E-state index contributed by atoms with van der Waals surface area (Å²) in [6.45, 7) is 0. The molecule has 0 aliphatic heterocycles. The Kier molecular flexibility index (Phi) is 3.64. The van der Waals surface area contributed by atoms with Gasteiger partial charge in [0.15, 0.2) is 5.78 Å². The smallest absolute Gasteiger partial charge is 0.198 e. The molecule has 1 aromatic carbocycles. The standard InChI is InChI=1S/C13H12BrNOS/c1-15(2)8-7-10(16)13-12(14)9-5-3-4-6-11(9)17-13/h3-8H,1-2H3/b8-7+. The molecule has 0 fully saturated rings. The predicted molar refractivity (Wildman–Crippen MR) is 76.7 cm³/mol. The number of fused-ring (bicyclic) bond motifs is 1. The SMILES string of the molecule is CN(C)/C=C/C(=O)c1sc2ccccc2c1Br. The summed E-state index contributed by atoms with van der Waals surface area (Å²) in [4.78, 5) is 14.6. The fourth-order valence-corrected chi connectivity index (χ4v) is 3.39. The summed E-state index contributed by atoms with van der Waals surface area (Å²) in [5, 5.41) is 1.10. The third-order valence-electron chi connectivity index (χ3n) is 2.28. The fraction of sp³-hybridized carbons (Fsp3) is 0.154. The second-order valence-corrected chi connectivity index (χ2v) is 5.73. The van der Waals surface area contributed by atoms with Gasteiger partial charge in [0.25, 0.3) is 0 Å². The van der Waals surface area contributed by atoms with Gasteiger partial charge in [0.05, 0.1) is 4.88 Å². The summed E-state index contributed by atoms with van der Waals surface area (Å²) in [7, 11) is 3.79. The molecule has 0 radical (unpaired) electrons. The van der Waals surface area contributed by atoms with Gasteiger partial charge in [-0.25, -0.2) is 0 Å². The van der Waals surface area contributed by atoms with Crippen LogP contribution in [0, 0.1) is 0 Å². The number of thiophene rings is 1. The number of nitrogens with zero attached hydrogens (tertiary/aromatic N) is 1. The number of hydrogen-bond donors (Lipinski definition) is 0. The molecule has 0 unspecified atom stereocenters. The van der Waals surface area contributed by atoms with Crippen LogP contribution in [0.2, 0.25) is 0 Å². The van der Waals surface area contributed by atoms with E-state index in [1.165, 1.54) is 11.3 Å². The van der Waals surface area contributed by atoms with E-state index >= 15 is 0 Å². The molecule has 0 saturated carbocycles. The summed E-state index contributed by atoms with van der Waals surface area (Å²) in [5.74, 6) is 0.0341. The van der Waals surface area contributed by atoms with Gasteiger partial charge in [0.1, 0.15) is 0 Å². The van der Waals surface area contributed by atoms with Crippen LogP contribution in [0.25, 0.3) is 10.1 Å². The van der Waals surface area contributed by atoms with Crippen molar-refractivity contribution < 1.29 is 4.79 Å². The number of ketones is 1. The molecule has 0 bridgehead atoms. The molecule has 0 aliphatic carbocycles. The molecule has 0 saturated heterocycles.